The van der Waals surface area contributed by atoms with Crippen LogP contribution >= 0.6 is 11.8 Å². The van der Waals surface area contributed by atoms with Gasteiger partial charge in [0.05, 0.1) is 12.5 Å². The van der Waals surface area contributed by atoms with E-state index in [0.29, 0.717) is 18.7 Å². The van der Waals surface area contributed by atoms with Crippen molar-refractivity contribution in [1.82, 2.24) is 21.3 Å². The standard InChI is InChI=1S/C23H33N5O6S/c1-35-11-9-16(23(33)34)26-22(32)18(13-19(24)29)28-21(31)17(12-14-6-3-2-4-7-14)27-20(30)15-8-5-10-25-15/h2-4,6-7,15-18,25H,5,8-13H2,1H3,(H2,24,29)(H,26,32)(H,27,30)(H,28,31)(H,33,34). The molecular weight excluding hydrogens is 474 g/mol. The molecule has 4 amide bonds. The number of carbonyl (C=O) groups is 5. The molecule has 2 rings (SSSR count). The summed E-state index contributed by atoms with van der Waals surface area (Å²) in [5.74, 6) is -3.44. The molecule has 1 fully saturated rings. The minimum absolute atomic E-state index is 0.154. The number of hydrogen-bond acceptors (Lipinski definition) is 7. The molecule has 0 aromatic heterocycles. The van der Waals surface area contributed by atoms with E-state index in [1.807, 2.05) is 6.07 Å². The van der Waals surface area contributed by atoms with Crippen molar-refractivity contribution in [2.24, 2.45) is 5.73 Å². The average Bonchev–Trinajstić information content (AvgIpc) is 3.36. The zero-order valence-corrected chi connectivity index (χ0v) is 20.4. The minimum Gasteiger partial charge on any atom is -0.480 e. The highest BCUT2D eigenvalue weighted by atomic mass is 32.2. The molecule has 4 unspecified atom stereocenters. The molecule has 35 heavy (non-hydrogen) atoms. The van der Waals surface area contributed by atoms with Crippen molar-refractivity contribution in [3.05, 3.63) is 35.9 Å². The molecule has 4 atom stereocenters. The van der Waals surface area contributed by atoms with E-state index >= 15 is 0 Å². The lowest BCUT2D eigenvalue weighted by molar-refractivity contribution is -0.142. The second-order valence-electron chi connectivity index (χ2n) is 8.31. The molecule has 1 aromatic carbocycles. The van der Waals surface area contributed by atoms with Gasteiger partial charge in [-0.3, -0.25) is 19.2 Å². The third-order valence-electron chi connectivity index (χ3n) is 5.56. The molecule has 0 aliphatic carbocycles. The first-order valence-electron chi connectivity index (χ1n) is 11.4. The molecule has 1 aliphatic rings. The fourth-order valence-electron chi connectivity index (χ4n) is 3.69. The number of hydrogen-bond donors (Lipinski definition) is 6. The summed E-state index contributed by atoms with van der Waals surface area (Å²) in [7, 11) is 0. The highest BCUT2D eigenvalue weighted by Crippen LogP contribution is 2.09. The molecule has 1 aromatic rings. The Labute approximate surface area is 208 Å². The molecule has 1 aliphatic heterocycles. The van der Waals surface area contributed by atoms with Crippen LogP contribution in [0.2, 0.25) is 0 Å². The van der Waals surface area contributed by atoms with E-state index in [9.17, 15) is 29.1 Å². The molecule has 0 radical (unpaired) electrons. The van der Waals surface area contributed by atoms with Crippen LogP contribution in [0, 0.1) is 0 Å². The normalized spacial score (nSPS) is 17.6. The number of aliphatic carboxylic acids is 1. The Bertz CT molecular complexity index is 894. The van der Waals surface area contributed by atoms with Crippen molar-refractivity contribution in [2.75, 3.05) is 18.6 Å². The number of primary amides is 1. The summed E-state index contributed by atoms with van der Waals surface area (Å²) in [5, 5.41) is 20.0. The summed E-state index contributed by atoms with van der Waals surface area (Å²) in [4.78, 5) is 61.8. The van der Waals surface area contributed by atoms with E-state index in [2.05, 4.69) is 21.3 Å². The Balaban J connectivity index is 2.16. The van der Waals surface area contributed by atoms with E-state index in [-0.39, 0.29) is 18.7 Å². The quantitative estimate of drug-likeness (QED) is 0.188. The summed E-state index contributed by atoms with van der Waals surface area (Å²) in [6.45, 7) is 0.704. The van der Waals surface area contributed by atoms with Crippen LogP contribution in [-0.2, 0) is 30.4 Å². The molecular formula is C23H33N5O6S. The number of carboxylic acid groups (broad SMARTS) is 1. The number of carboxylic acids is 1. The SMILES string of the molecule is CSCCC(NC(=O)C(CC(N)=O)NC(=O)C(Cc1ccccc1)NC(=O)C1CCCN1)C(=O)O. The molecule has 0 bridgehead atoms. The van der Waals surface area contributed by atoms with Crippen molar-refractivity contribution < 1.29 is 29.1 Å². The van der Waals surface area contributed by atoms with E-state index in [4.69, 9.17) is 5.73 Å². The fraction of sp³-hybridized carbons (Fsp3) is 0.522. The fourth-order valence-corrected chi connectivity index (χ4v) is 4.16. The Morgan fingerprint density at radius 2 is 1.71 bits per heavy atom. The second kappa shape index (κ2) is 14.3. The van der Waals surface area contributed by atoms with Crippen molar-refractivity contribution in [2.45, 2.75) is 56.3 Å². The summed E-state index contributed by atoms with van der Waals surface area (Å²) in [6, 6.07) is 5.01. The number of thioether (sulfide) groups is 1. The molecule has 11 nitrogen and oxygen atoms in total. The lowest BCUT2D eigenvalue weighted by atomic mass is 10.0. The van der Waals surface area contributed by atoms with Gasteiger partial charge >= 0.3 is 5.97 Å². The maximum Gasteiger partial charge on any atom is 0.326 e. The number of nitrogens with one attached hydrogen (secondary N) is 4. The average molecular weight is 508 g/mol. The molecule has 1 saturated heterocycles. The van der Waals surface area contributed by atoms with Gasteiger partial charge in [-0.2, -0.15) is 11.8 Å². The molecule has 0 spiro atoms. The van der Waals surface area contributed by atoms with E-state index in [1.165, 1.54) is 11.8 Å². The third-order valence-corrected chi connectivity index (χ3v) is 6.20. The highest BCUT2D eigenvalue weighted by Gasteiger charge is 2.32. The predicted octanol–water partition coefficient (Wildman–Crippen LogP) is -0.851. The molecule has 1 heterocycles. The van der Waals surface area contributed by atoms with Gasteiger partial charge in [0.2, 0.25) is 23.6 Å². The summed E-state index contributed by atoms with van der Waals surface area (Å²) in [5.41, 5.74) is 6.06. The van der Waals surface area contributed by atoms with Crippen molar-refractivity contribution in [3.63, 3.8) is 0 Å². The van der Waals surface area contributed by atoms with Crippen LogP contribution in [0.15, 0.2) is 30.3 Å². The van der Waals surface area contributed by atoms with E-state index < -0.39 is 54.3 Å². The number of carbonyl (C=O) groups excluding carboxylic acids is 4. The Hall–Kier alpha value is -3.12. The first-order valence-corrected chi connectivity index (χ1v) is 12.8. The number of benzene rings is 1. The van der Waals surface area contributed by atoms with Gasteiger partial charge < -0.3 is 32.1 Å². The van der Waals surface area contributed by atoms with Crippen LogP contribution in [0.25, 0.3) is 0 Å². The Kier molecular flexibility index (Phi) is 11.5. The van der Waals surface area contributed by atoms with Crippen LogP contribution in [0.4, 0.5) is 0 Å². The van der Waals surface area contributed by atoms with Gasteiger partial charge in [0, 0.05) is 6.42 Å². The third kappa shape index (κ3) is 9.57. The van der Waals surface area contributed by atoms with Crippen molar-refractivity contribution in [3.8, 4) is 0 Å². The van der Waals surface area contributed by atoms with Crippen molar-refractivity contribution >= 4 is 41.4 Å². The minimum atomic E-state index is -1.39. The lowest BCUT2D eigenvalue weighted by Gasteiger charge is -2.25. The Morgan fingerprint density at radius 1 is 1.06 bits per heavy atom. The van der Waals surface area contributed by atoms with Gasteiger partial charge in [0.25, 0.3) is 0 Å². The van der Waals surface area contributed by atoms with Crippen molar-refractivity contribution in [1.29, 1.82) is 0 Å². The first kappa shape index (κ1) is 28.1. The summed E-state index contributed by atoms with van der Waals surface area (Å²) < 4.78 is 0. The van der Waals surface area contributed by atoms with Gasteiger partial charge in [-0.25, -0.2) is 4.79 Å². The molecule has 12 heteroatoms. The van der Waals surface area contributed by atoms with Crippen LogP contribution < -0.4 is 27.0 Å². The van der Waals surface area contributed by atoms with Crippen LogP contribution in [0.5, 0.6) is 0 Å². The van der Waals surface area contributed by atoms with E-state index in [0.717, 1.165) is 12.0 Å². The smallest absolute Gasteiger partial charge is 0.326 e. The maximum atomic E-state index is 13.2. The molecule has 0 saturated carbocycles. The highest BCUT2D eigenvalue weighted by molar-refractivity contribution is 7.98. The van der Waals surface area contributed by atoms with Gasteiger partial charge in [-0.1, -0.05) is 30.3 Å². The zero-order valence-electron chi connectivity index (χ0n) is 19.6. The predicted molar refractivity (Wildman–Crippen MR) is 131 cm³/mol. The number of amides is 4. The van der Waals surface area contributed by atoms with Crippen LogP contribution in [-0.4, -0.2) is 77.4 Å². The van der Waals surface area contributed by atoms with Gasteiger partial charge in [0.15, 0.2) is 0 Å². The topological polar surface area (TPSA) is 180 Å². The summed E-state index contributed by atoms with van der Waals surface area (Å²) >= 11 is 1.42. The first-order chi connectivity index (χ1) is 16.7. The molecule has 7 N–H and O–H groups in total. The van der Waals surface area contributed by atoms with Gasteiger partial charge in [0.1, 0.15) is 18.1 Å². The van der Waals surface area contributed by atoms with Crippen LogP contribution in [0.3, 0.4) is 0 Å². The van der Waals surface area contributed by atoms with Gasteiger partial charge in [-0.15, -0.1) is 0 Å². The maximum absolute atomic E-state index is 13.2. The lowest BCUT2D eigenvalue weighted by Crippen LogP contribution is -2.58. The van der Waals surface area contributed by atoms with E-state index in [1.54, 1.807) is 30.5 Å². The van der Waals surface area contributed by atoms with Crippen LogP contribution in [0.1, 0.15) is 31.2 Å². The summed E-state index contributed by atoms with van der Waals surface area (Å²) in [6.07, 6.45) is 3.09. The monoisotopic (exact) mass is 507 g/mol. The number of rotatable bonds is 14. The number of nitrogens with two attached hydrogens (primary N) is 1. The molecule has 192 valence electrons. The largest absolute Gasteiger partial charge is 0.480 e. The van der Waals surface area contributed by atoms with Gasteiger partial charge in [-0.05, 0) is 43.4 Å². The zero-order chi connectivity index (χ0) is 25.8. The Morgan fingerprint density at radius 3 is 2.29 bits per heavy atom. The second-order valence-corrected chi connectivity index (χ2v) is 9.30.